The van der Waals surface area contributed by atoms with Gasteiger partial charge in [-0.3, -0.25) is 9.69 Å². The fourth-order valence-corrected chi connectivity index (χ4v) is 8.76. The molecular formula is C29H36N2O4. The summed E-state index contributed by atoms with van der Waals surface area (Å²) in [5.74, 6) is 2.32. The Bertz CT molecular complexity index is 1140. The molecular weight excluding hydrogens is 440 g/mol. The Morgan fingerprint density at radius 3 is 2.86 bits per heavy atom. The standard InChI is InChI=1S/C29H36N2O4/c1-5-13-30(2)25(32)20-16-27-10-11-29(20,34-4)26-28(27)12-14-31(17-18-6-7-18)22(27)15-19-8-9-21(33-3)24(35-26)23(19)28/h5,8-11,18,20,22,26H,1,6-7,12-17H2,2-4H3/t20-,22-,26?,27-,28+,29-/m1/s1. The van der Waals surface area contributed by atoms with Gasteiger partial charge in [0.25, 0.3) is 0 Å². The zero-order valence-corrected chi connectivity index (χ0v) is 21.1. The monoisotopic (exact) mass is 476 g/mol. The van der Waals surface area contributed by atoms with Crippen molar-refractivity contribution in [2.45, 2.75) is 55.3 Å². The summed E-state index contributed by atoms with van der Waals surface area (Å²) in [6.07, 6.45) is 11.7. The van der Waals surface area contributed by atoms with Crippen LogP contribution in [0.4, 0.5) is 0 Å². The van der Waals surface area contributed by atoms with E-state index in [9.17, 15) is 4.79 Å². The summed E-state index contributed by atoms with van der Waals surface area (Å²) in [6, 6.07) is 4.69. The van der Waals surface area contributed by atoms with Crippen molar-refractivity contribution in [1.82, 2.24) is 9.80 Å². The normalized spacial score (nSPS) is 39.7. The van der Waals surface area contributed by atoms with Gasteiger partial charge in [0.1, 0.15) is 11.7 Å². The number of rotatable bonds is 7. The molecule has 0 aromatic heterocycles. The van der Waals surface area contributed by atoms with E-state index in [-0.39, 0.29) is 28.8 Å². The molecule has 1 unspecified atom stereocenters. The summed E-state index contributed by atoms with van der Waals surface area (Å²) in [5, 5.41) is 0. The van der Waals surface area contributed by atoms with Crippen LogP contribution in [0.25, 0.3) is 0 Å². The smallest absolute Gasteiger partial charge is 0.229 e. The van der Waals surface area contributed by atoms with Crippen molar-refractivity contribution in [2.24, 2.45) is 17.3 Å². The van der Waals surface area contributed by atoms with Crippen LogP contribution in [-0.4, -0.2) is 74.4 Å². The molecule has 6 heteroatoms. The summed E-state index contributed by atoms with van der Waals surface area (Å²) < 4.78 is 19.2. The maximum absolute atomic E-state index is 14.0. The van der Waals surface area contributed by atoms with Crippen LogP contribution in [0.1, 0.15) is 36.8 Å². The quantitative estimate of drug-likeness (QED) is 0.565. The molecule has 35 heavy (non-hydrogen) atoms. The number of piperidine rings is 1. The number of carbonyl (C=O) groups is 1. The predicted molar refractivity (Wildman–Crippen MR) is 133 cm³/mol. The molecule has 4 bridgehead atoms. The van der Waals surface area contributed by atoms with Gasteiger partial charge in [-0.25, -0.2) is 0 Å². The number of hydrogen-bond donors (Lipinski definition) is 0. The highest BCUT2D eigenvalue weighted by atomic mass is 16.6. The molecule has 7 aliphatic rings. The van der Waals surface area contributed by atoms with Crippen molar-refractivity contribution in [3.8, 4) is 11.5 Å². The Hall–Kier alpha value is -2.31. The maximum atomic E-state index is 14.0. The Labute approximate surface area is 207 Å². The van der Waals surface area contributed by atoms with E-state index in [2.05, 4.69) is 35.8 Å². The van der Waals surface area contributed by atoms with Crippen molar-refractivity contribution in [3.63, 3.8) is 0 Å². The highest BCUT2D eigenvalue weighted by molar-refractivity contribution is 5.83. The van der Waals surface area contributed by atoms with Gasteiger partial charge in [0.05, 0.1) is 18.4 Å². The van der Waals surface area contributed by atoms with Crippen LogP contribution < -0.4 is 9.47 Å². The van der Waals surface area contributed by atoms with E-state index in [1.165, 1.54) is 30.5 Å². The van der Waals surface area contributed by atoms with Crippen LogP contribution in [0, 0.1) is 17.3 Å². The first-order chi connectivity index (χ1) is 17.0. The summed E-state index contributed by atoms with van der Waals surface area (Å²) in [5.41, 5.74) is 1.55. The molecule has 6 nitrogen and oxygen atoms in total. The number of ether oxygens (including phenoxy) is 3. The number of nitrogens with zero attached hydrogens (tertiary/aromatic N) is 2. The summed E-state index contributed by atoms with van der Waals surface area (Å²) >= 11 is 0. The number of amides is 1. The van der Waals surface area contributed by atoms with Crippen LogP contribution in [0.2, 0.25) is 0 Å². The van der Waals surface area contributed by atoms with Crippen LogP contribution in [0.5, 0.6) is 11.5 Å². The van der Waals surface area contributed by atoms with Gasteiger partial charge >= 0.3 is 0 Å². The Kier molecular flexibility index (Phi) is 4.47. The van der Waals surface area contributed by atoms with Crippen molar-refractivity contribution in [3.05, 3.63) is 48.1 Å². The molecule has 0 radical (unpaired) electrons. The average molecular weight is 477 g/mol. The molecule has 1 saturated heterocycles. The van der Waals surface area contributed by atoms with E-state index in [0.29, 0.717) is 12.6 Å². The number of hydrogen-bond acceptors (Lipinski definition) is 5. The fourth-order valence-electron chi connectivity index (χ4n) is 8.76. The van der Waals surface area contributed by atoms with Gasteiger partial charge in [0.2, 0.25) is 5.91 Å². The van der Waals surface area contributed by atoms with Crippen LogP contribution >= 0.6 is 0 Å². The summed E-state index contributed by atoms with van der Waals surface area (Å²) in [7, 11) is 5.34. The van der Waals surface area contributed by atoms with E-state index < -0.39 is 5.60 Å². The van der Waals surface area contributed by atoms with Gasteiger partial charge in [0.15, 0.2) is 11.5 Å². The highest BCUT2D eigenvalue weighted by Gasteiger charge is 2.80. The van der Waals surface area contributed by atoms with Crippen LogP contribution in [-0.2, 0) is 21.4 Å². The van der Waals surface area contributed by atoms with E-state index >= 15 is 0 Å². The molecule has 6 atom stereocenters. The van der Waals surface area contributed by atoms with Gasteiger partial charge in [-0.1, -0.05) is 24.3 Å². The zero-order valence-electron chi connectivity index (χ0n) is 21.1. The second kappa shape index (κ2) is 7.13. The van der Waals surface area contributed by atoms with Gasteiger partial charge < -0.3 is 19.1 Å². The molecule has 1 amide bonds. The summed E-state index contributed by atoms with van der Waals surface area (Å²) in [6.45, 7) is 6.62. The number of methoxy groups -OCH3 is 2. The van der Waals surface area contributed by atoms with E-state index in [1.807, 2.05) is 7.05 Å². The molecule has 2 saturated carbocycles. The van der Waals surface area contributed by atoms with E-state index in [4.69, 9.17) is 14.2 Å². The van der Waals surface area contributed by atoms with Gasteiger partial charge in [-0.2, -0.15) is 0 Å². The van der Waals surface area contributed by atoms with Crippen LogP contribution in [0.15, 0.2) is 36.9 Å². The molecule has 2 aliphatic heterocycles. The third-order valence-electron chi connectivity index (χ3n) is 10.4. The van der Waals surface area contributed by atoms with Crippen LogP contribution in [0.3, 0.4) is 0 Å². The molecule has 2 heterocycles. The number of likely N-dealkylation sites (tertiary alicyclic amines) is 1. The van der Waals surface area contributed by atoms with E-state index in [0.717, 1.165) is 43.2 Å². The molecule has 186 valence electrons. The predicted octanol–water partition coefficient (Wildman–Crippen LogP) is 3.34. The van der Waals surface area contributed by atoms with Crippen molar-refractivity contribution < 1.29 is 19.0 Å². The largest absolute Gasteiger partial charge is 0.493 e. The number of fused-ring (bicyclic) bond motifs is 1. The lowest BCUT2D eigenvalue weighted by molar-refractivity contribution is -0.218. The second-order valence-corrected chi connectivity index (χ2v) is 11.7. The minimum atomic E-state index is -0.809. The van der Waals surface area contributed by atoms with Gasteiger partial charge in [-0.15, -0.1) is 6.58 Å². The fraction of sp³-hybridized carbons (Fsp3) is 0.621. The lowest BCUT2D eigenvalue weighted by Gasteiger charge is -2.71. The van der Waals surface area contributed by atoms with Crippen molar-refractivity contribution >= 4 is 5.91 Å². The molecule has 1 aromatic rings. The first kappa shape index (κ1) is 21.9. The number of carbonyl (C=O) groups excluding carboxylic acids is 1. The molecule has 0 N–H and O–H groups in total. The van der Waals surface area contributed by atoms with Gasteiger partial charge in [0, 0.05) is 44.3 Å². The third kappa shape index (κ3) is 2.45. The average Bonchev–Trinajstić information content (AvgIpc) is 3.62. The SMILES string of the molecule is C=CCN(C)C(=O)[C@H]1C[C@@]23C=C[C@]1(OC)C1Oc4c(OC)ccc5c4[C@@]12CCN(CC1CC1)[C@@H]3C5. The topological polar surface area (TPSA) is 51.2 Å². The molecule has 3 fully saturated rings. The summed E-state index contributed by atoms with van der Waals surface area (Å²) in [4.78, 5) is 18.5. The zero-order chi connectivity index (χ0) is 24.2. The van der Waals surface area contributed by atoms with Gasteiger partial charge in [-0.05, 0) is 56.2 Å². The molecule has 8 rings (SSSR count). The van der Waals surface area contributed by atoms with Crippen molar-refractivity contribution in [2.75, 3.05) is 40.9 Å². The number of benzene rings is 1. The Morgan fingerprint density at radius 1 is 1.31 bits per heavy atom. The Morgan fingerprint density at radius 2 is 2.14 bits per heavy atom. The first-order valence-electron chi connectivity index (χ1n) is 13.2. The minimum absolute atomic E-state index is 0.120. The molecule has 1 aromatic carbocycles. The minimum Gasteiger partial charge on any atom is -0.493 e. The lowest BCUT2D eigenvalue weighted by atomic mass is 9.37. The third-order valence-corrected chi connectivity index (χ3v) is 10.4. The number of likely N-dealkylation sites (N-methyl/N-ethyl adjacent to an activating group) is 1. The van der Waals surface area contributed by atoms with E-state index in [1.54, 1.807) is 25.2 Å². The molecule has 2 spiro atoms. The van der Waals surface area contributed by atoms with Crippen molar-refractivity contribution in [1.29, 1.82) is 0 Å². The highest BCUT2D eigenvalue weighted by Crippen LogP contribution is 2.74. The maximum Gasteiger partial charge on any atom is 0.229 e. The lowest BCUT2D eigenvalue weighted by Crippen LogP contribution is -2.80. The Balaban J connectivity index is 1.45. The second-order valence-electron chi connectivity index (χ2n) is 11.7. The molecule has 5 aliphatic carbocycles. The first-order valence-corrected chi connectivity index (χ1v) is 13.2.